The number of ether oxygens (including phenoxy) is 1. The van der Waals surface area contributed by atoms with E-state index in [0.29, 0.717) is 13.2 Å². The van der Waals surface area contributed by atoms with Crippen molar-refractivity contribution in [3.8, 4) is 0 Å². The first-order valence-corrected chi connectivity index (χ1v) is 6.16. The zero-order valence-corrected chi connectivity index (χ0v) is 9.91. The van der Waals surface area contributed by atoms with Crippen LogP contribution < -0.4 is 0 Å². The Balaban J connectivity index is 1.93. The molecule has 0 aromatic rings. The van der Waals surface area contributed by atoms with Crippen molar-refractivity contribution in [2.75, 3.05) is 19.7 Å². The van der Waals surface area contributed by atoms with Crippen LogP contribution in [0.1, 0.15) is 25.7 Å². The fraction of sp³-hybridized carbons (Fsp3) is 0.818. The van der Waals surface area contributed by atoms with Gasteiger partial charge in [-0.1, -0.05) is 0 Å². The molecule has 0 spiro atoms. The molecular weight excluding hydrogens is 230 g/mol. The number of piperidine rings is 1. The van der Waals surface area contributed by atoms with Gasteiger partial charge in [-0.3, -0.25) is 9.59 Å². The van der Waals surface area contributed by atoms with Gasteiger partial charge < -0.3 is 9.64 Å². The Morgan fingerprint density at radius 3 is 2.69 bits per heavy atom. The third-order valence-electron chi connectivity index (χ3n) is 3.26. The van der Waals surface area contributed by atoms with E-state index in [2.05, 4.69) is 0 Å². The molecule has 2 rings (SSSR count). The Morgan fingerprint density at radius 1 is 1.25 bits per heavy atom. The van der Waals surface area contributed by atoms with Crippen molar-refractivity contribution in [2.45, 2.75) is 31.8 Å². The fourth-order valence-corrected chi connectivity index (χ4v) is 2.52. The van der Waals surface area contributed by atoms with Crippen LogP contribution in [0.25, 0.3) is 0 Å². The molecule has 0 bridgehead atoms. The van der Waals surface area contributed by atoms with Gasteiger partial charge in [-0.2, -0.15) is 0 Å². The molecule has 0 saturated carbocycles. The Morgan fingerprint density at radius 2 is 2.06 bits per heavy atom. The van der Waals surface area contributed by atoms with Gasteiger partial charge in [0.25, 0.3) is 5.91 Å². The van der Waals surface area contributed by atoms with Gasteiger partial charge in [0.2, 0.25) is 5.24 Å². The molecular formula is C11H16ClNO3. The molecule has 0 aromatic carbocycles. The van der Waals surface area contributed by atoms with Gasteiger partial charge in [0.1, 0.15) is 6.10 Å². The van der Waals surface area contributed by atoms with Crippen LogP contribution in [-0.2, 0) is 14.3 Å². The standard InChI is InChI=1S/C11H16ClNO3/c12-10(14)8-3-1-5-13(7-8)11(15)9-4-2-6-16-9/h8-9H,1-7H2. The van der Waals surface area contributed by atoms with E-state index >= 15 is 0 Å². The van der Waals surface area contributed by atoms with Gasteiger partial charge in [-0.05, 0) is 37.3 Å². The van der Waals surface area contributed by atoms with E-state index in [-0.39, 0.29) is 23.2 Å². The Bertz CT molecular complexity index is 289. The van der Waals surface area contributed by atoms with Gasteiger partial charge in [-0.25, -0.2) is 0 Å². The van der Waals surface area contributed by atoms with E-state index in [1.807, 2.05) is 0 Å². The normalized spacial score (nSPS) is 30.4. The van der Waals surface area contributed by atoms with Gasteiger partial charge in [0.15, 0.2) is 0 Å². The zero-order valence-electron chi connectivity index (χ0n) is 9.15. The molecule has 1 amide bonds. The molecule has 2 aliphatic heterocycles. The van der Waals surface area contributed by atoms with Crippen molar-refractivity contribution < 1.29 is 14.3 Å². The molecule has 2 heterocycles. The maximum absolute atomic E-state index is 12.0. The van der Waals surface area contributed by atoms with Crippen LogP contribution in [0.5, 0.6) is 0 Å². The highest BCUT2D eigenvalue weighted by Gasteiger charge is 2.32. The SMILES string of the molecule is O=C(Cl)C1CCCN(C(=O)C2CCCO2)C1. The number of rotatable bonds is 2. The number of hydrogen-bond acceptors (Lipinski definition) is 3. The Labute approximate surface area is 99.9 Å². The minimum absolute atomic E-state index is 0.0279. The fourth-order valence-electron chi connectivity index (χ4n) is 2.34. The maximum Gasteiger partial charge on any atom is 0.251 e. The average Bonchev–Trinajstić information content (AvgIpc) is 2.81. The van der Waals surface area contributed by atoms with Crippen molar-refractivity contribution in [2.24, 2.45) is 5.92 Å². The summed E-state index contributed by atoms with van der Waals surface area (Å²) in [5, 5.41) is -0.329. The smallest absolute Gasteiger partial charge is 0.251 e. The molecule has 5 heteroatoms. The van der Waals surface area contributed by atoms with Crippen molar-refractivity contribution in [3.63, 3.8) is 0 Å². The lowest BCUT2D eigenvalue weighted by Gasteiger charge is -2.32. The highest BCUT2D eigenvalue weighted by atomic mass is 35.5. The lowest BCUT2D eigenvalue weighted by molar-refractivity contribution is -0.143. The summed E-state index contributed by atoms with van der Waals surface area (Å²) < 4.78 is 5.35. The molecule has 2 aliphatic rings. The monoisotopic (exact) mass is 245 g/mol. The molecule has 2 unspecified atom stereocenters. The number of hydrogen-bond donors (Lipinski definition) is 0. The Kier molecular flexibility index (Phi) is 3.82. The highest BCUT2D eigenvalue weighted by Crippen LogP contribution is 2.22. The topological polar surface area (TPSA) is 46.6 Å². The molecule has 0 aliphatic carbocycles. The first-order chi connectivity index (χ1) is 7.68. The minimum atomic E-state index is -0.329. The van der Waals surface area contributed by atoms with Crippen LogP contribution in [0.3, 0.4) is 0 Å². The molecule has 4 nitrogen and oxygen atoms in total. The molecule has 2 atom stereocenters. The lowest BCUT2D eigenvalue weighted by Crippen LogP contribution is -2.45. The second kappa shape index (κ2) is 5.15. The van der Waals surface area contributed by atoms with E-state index in [4.69, 9.17) is 16.3 Å². The summed E-state index contributed by atoms with van der Waals surface area (Å²) in [5.41, 5.74) is 0. The first-order valence-electron chi connectivity index (χ1n) is 5.78. The summed E-state index contributed by atoms with van der Waals surface area (Å²) in [4.78, 5) is 24.8. The number of carbonyl (C=O) groups excluding carboxylic acids is 2. The van der Waals surface area contributed by atoms with E-state index in [9.17, 15) is 9.59 Å². The van der Waals surface area contributed by atoms with Crippen molar-refractivity contribution in [3.05, 3.63) is 0 Å². The van der Waals surface area contributed by atoms with Crippen LogP contribution in [0.2, 0.25) is 0 Å². The summed E-state index contributed by atoms with van der Waals surface area (Å²) in [6, 6.07) is 0. The van der Waals surface area contributed by atoms with E-state index in [1.165, 1.54) is 0 Å². The number of amides is 1. The van der Waals surface area contributed by atoms with Gasteiger partial charge in [0.05, 0.1) is 5.92 Å². The zero-order chi connectivity index (χ0) is 11.5. The number of nitrogens with zero attached hydrogens (tertiary/aromatic N) is 1. The van der Waals surface area contributed by atoms with Crippen LogP contribution in [0.15, 0.2) is 0 Å². The predicted octanol–water partition coefficient (Wildman–Crippen LogP) is 1.17. The van der Waals surface area contributed by atoms with Crippen LogP contribution in [0, 0.1) is 5.92 Å². The van der Waals surface area contributed by atoms with Gasteiger partial charge in [0, 0.05) is 19.7 Å². The predicted molar refractivity (Wildman–Crippen MR) is 59.1 cm³/mol. The number of likely N-dealkylation sites (tertiary alicyclic amines) is 1. The lowest BCUT2D eigenvalue weighted by atomic mass is 9.99. The first kappa shape index (κ1) is 11.9. The van der Waals surface area contributed by atoms with Crippen molar-refractivity contribution in [1.29, 1.82) is 0 Å². The largest absolute Gasteiger partial charge is 0.368 e. The second-order valence-corrected chi connectivity index (χ2v) is 4.80. The molecule has 2 fully saturated rings. The third-order valence-corrected chi connectivity index (χ3v) is 3.57. The summed E-state index contributed by atoms with van der Waals surface area (Å²) in [5.74, 6) is -0.166. The average molecular weight is 246 g/mol. The summed E-state index contributed by atoms with van der Waals surface area (Å²) >= 11 is 5.48. The maximum atomic E-state index is 12.0. The van der Waals surface area contributed by atoms with E-state index < -0.39 is 0 Å². The highest BCUT2D eigenvalue weighted by molar-refractivity contribution is 6.64. The summed E-state index contributed by atoms with van der Waals surface area (Å²) in [6.07, 6.45) is 3.10. The van der Waals surface area contributed by atoms with Crippen molar-refractivity contribution >= 4 is 22.8 Å². The quantitative estimate of drug-likeness (QED) is 0.686. The van der Waals surface area contributed by atoms with Crippen LogP contribution >= 0.6 is 11.6 Å². The second-order valence-electron chi connectivity index (χ2n) is 4.43. The summed E-state index contributed by atoms with van der Waals surface area (Å²) in [6.45, 7) is 1.85. The van der Waals surface area contributed by atoms with E-state index in [0.717, 1.165) is 32.2 Å². The molecule has 2 saturated heterocycles. The minimum Gasteiger partial charge on any atom is -0.368 e. The third kappa shape index (κ3) is 2.55. The Hall–Kier alpha value is -0.610. The molecule has 90 valence electrons. The molecule has 0 aromatic heterocycles. The van der Waals surface area contributed by atoms with Crippen molar-refractivity contribution in [1.82, 2.24) is 4.90 Å². The van der Waals surface area contributed by atoms with Gasteiger partial charge >= 0.3 is 0 Å². The van der Waals surface area contributed by atoms with Gasteiger partial charge in [-0.15, -0.1) is 0 Å². The number of carbonyl (C=O) groups is 2. The molecule has 0 N–H and O–H groups in total. The van der Waals surface area contributed by atoms with E-state index in [1.54, 1.807) is 4.90 Å². The number of halogens is 1. The summed E-state index contributed by atoms with van der Waals surface area (Å²) in [7, 11) is 0. The molecule has 0 radical (unpaired) electrons. The van der Waals surface area contributed by atoms with Crippen LogP contribution in [-0.4, -0.2) is 41.8 Å². The van der Waals surface area contributed by atoms with Crippen LogP contribution in [0.4, 0.5) is 0 Å². The molecule has 16 heavy (non-hydrogen) atoms.